The summed E-state index contributed by atoms with van der Waals surface area (Å²) in [6.45, 7) is 7.80. The Bertz CT molecular complexity index is 397. The monoisotopic (exact) mass is 260 g/mol. The first kappa shape index (κ1) is 13.6. The van der Waals surface area contributed by atoms with E-state index in [0.717, 1.165) is 13.0 Å². The fraction of sp³-hybridized carbons (Fsp3) is 0.625. The van der Waals surface area contributed by atoms with Crippen LogP contribution in [-0.4, -0.2) is 20.8 Å². The molecule has 0 radical (unpaired) electrons. The van der Waals surface area contributed by atoms with Gasteiger partial charge in [0.1, 0.15) is 8.07 Å². The molecule has 1 aliphatic heterocycles. The van der Waals surface area contributed by atoms with Crippen LogP contribution in [0.1, 0.15) is 25.7 Å². The zero-order chi connectivity index (χ0) is 13.0. The summed E-state index contributed by atoms with van der Waals surface area (Å²) in [5.41, 5.74) is 4.64. The summed E-state index contributed by atoms with van der Waals surface area (Å²) in [7, 11) is -1.27. The smallest absolute Gasteiger partial charge is 0.129 e. The molecule has 18 heavy (non-hydrogen) atoms. The van der Waals surface area contributed by atoms with Crippen LogP contribution >= 0.6 is 0 Å². The van der Waals surface area contributed by atoms with Crippen LogP contribution in [0.15, 0.2) is 23.8 Å². The van der Waals surface area contributed by atoms with E-state index in [1.807, 2.05) is 0 Å². The molecule has 0 aromatic rings. The Hall–Kier alpha value is -0.783. The van der Waals surface area contributed by atoms with Crippen molar-refractivity contribution in [2.45, 2.75) is 51.4 Å². The molecule has 0 saturated carbocycles. The van der Waals surface area contributed by atoms with Gasteiger partial charge in [-0.3, -0.25) is 0 Å². The maximum atomic E-state index is 5.89. The van der Waals surface area contributed by atoms with Gasteiger partial charge in [0, 0.05) is 18.1 Å². The van der Waals surface area contributed by atoms with Gasteiger partial charge in [-0.05, 0) is 25.7 Å². The van der Waals surface area contributed by atoms with Crippen molar-refractivity contribution in [3.63, 3.8) is 0 Å². The van der Waals surface area contributed by atoms with E-state index in [1.165, 1.54) is 24.8 Å². The SMILES string of the molecule is C[Si](C)(C)C#CC1=CC(C2CCCCO2)CC=C1. The first-order chi connectivity index (χ1) is 8.54. The maximum Gasteiger partial charge on any atom is 0.129 e. The summed E-state index contributed by atoms with van der Waals surface area (Å²) in [5.74, 6) is 3.90. The quantitative estimate of drug-likeness (QED) is 0.512. The molecular weight excluding hydrogens is 236 g/mol. The van der Waals surface area contributed by atoms with Crippen LogP contribution < -0.4 is 0 Å². The number of hydrogen-bond acceptors (Lipinski definition) is 1. The number of hydrogen-bond donors (Lipinski definition) is 0. The lowest BCUT2D eigenvalue weighted by Gasteiger charge is -2.29. The standard InChI is InChI=1S/C16H24OSi/c1-18(2,3)12-10-14-7-6-8-15(13-14)16-9-4-5-11-17-16/h6-7,13,15-16H,4-5,8-9,11H2,1-3H3. The van der Waals surface area contributed by atoms with Crippen molar-refractivity contribution in [2.75, 3.05) is 6.61 Å². The van der Waals surface area contributed by atoms with Crippen LogP contribution in [0, 0.1) is 17.4 Å². The molecule has 0 spiro atoms. The first-order valence-corrected chi connectivity index (χ1v) is 10.6. The summed E-state index contributed by atoms with van der Waals surface area (Å²) in [6, 6.07) is 0. The predicted octanol–water partition coefficient (Wildman–Crippen LogP) is 3.94. The fourth-order valence-electron chi connectivity index (χ4n) is 2.41. The lowest BCUT2D eigenvalue weighted by atomic mass is 9.88. The van der Waals surface area contributed by atoms with Gasteiger partial charge in [0.25, 0.3) is 0 Å². The van der Waals surface area contributed by atoms with Gasteiger partial charge in [-0.2, -0.15) is 0 Å². The van der Waals surface area contributed by atoms with Gasteiger partial charge in [-0.1, -0.05) is 43.8 Å². The first-order valence-electron chi connectivity index (χ1n) is 7.08. The summed E-state index contributed by atoms with van der Waals surface area (Å²) in [6.07, 6.45) is 12.1. The number of allylic oxidation sites excluding steroid dienone is 3. The van der Waals surface area contributed by atoms with Gasteiger partial charge in [0.15, 0.2) is 0 Å². The summed E-state index contributed by atoms with van der Waals surface area (Å²) < 4.78 is 5.89. The highest BCUT2D eigenvalue weighted by atomic mass is 28.3. The van der Waals surface area contributed by atoms with E-state index in [9.17, 15) is 0 Å². The number of ether oxygens (including phenoxy) is 1. The highest BCUT2D eigenvalue weighted by molar-refractivity contribution is 6.83. The largest absolute Gasteiger partial charge is 0.378 e. The van der Waals surface area contributed by atoms with E-state index >= 15 is 0 Å². The minimum Gasteiger partial charge on any atom is -0.378 e. The van der Waals surface area contributed by atoms with Gasteiger partial charge >= 0.3 is 0 Å². The third kappa shape index (κ3) is 4.15. The van der Waals surface area contributed by atoms with Crippen LogP contribution in [0.3, 0.4) is 0 Å². The molecule has 1 saturated heterocycles. The second-order valence-corrected chi connectivity index (χ2v) is 11.1. The molecule has 2 unspecified atom stereocenters. The van der Waals surface area contributed by atoms with Gasteiger partial charge in [-0.25, -0.2) is 0 Å². The van der Waals surface area contributed by atoms with Gasteiger partial charge < -0.3 is 4.74 Å². The van der Waals surface area contributed by atoms with E-state index in [2.05, 4.69) is 49.3 Å². The van der Waals surface area contributed by atoms with Crippen LogP contribution in [-0.2, 0) is 4.74 Å². The highest BCUT2D eigenvalue weighted by Gasteiger charge is 2.23. The lowest BCUT2D eigenvalue weighted by Crippen LogP contribution is -2.27. The summed E-state index contributed by atoms with van der Waals surface area (Å²) >= 11 is 0. The topological polar surface area (TPSA) is 9.23 Å². The van der Waals surface area contributed by atoms with E-state index in [0.29, 0.717) is 12.0 Å². The molecule has 2 atom stereocenters. The summed E-state index contributed by atoms with van der Waals surface area (Å²) in [4.78, 5) is 0. The molecule has 1 nitrogen and oxygen atoms in total. The van der Waals surface area contributed by atoms with Crippen molar-refractivity contribution in [1.82, 2.24) is 0 Å². The van der Waals surface area contributed by atoms with Crippen molar-refractivity contribution in [1.29, 1.82) is 0 Å². The fourth-order valence-corrected chi connectivity index (χ4v) is 2.93. The Morgan fingerprint density at radius 1 is 1.28 bits per heavy atom. The Kier molecular flexibility index (Phi) is 4.48. The van der Waals surface area contributed by atoms with Crippen molar-refractivity contribution < 1.29 is 4.74 Å². The molecule has 0 aromatic heterocycles. The van der Waals surface area contributed by atoms with Gasteiger partial charge in [0.2, 0.25) is 0 Å². The van der Waals surface area contributed by atoms with Crippen molar-refractivity contribution in [3.8, 4) is 11.5 Å². The van der Waals surface area contributed by atoms with E-state index in [-0.39, 0.29) is 0 Å². The van der Waals surface area contributed by atoms with Crippen LogP contribution in [0.4, 0.5) is 0 Å². The molecule has 2 aliphatic rings. The van der Waals surface area contributed by atoms with Crippen molar-refractivity contribution in [2.24, 2.45) is 5.92 Å². The maximum absolute atomic E-state index is 5.89. The van der Waals surface area contributed by atoms with Gasteiger partial charge in [0.05, 0.1) is 6.10 Å². The normalized spacial score (nSPS) is 28.3. The molecular formula is C16H24OSi. The molecule has 1 heterocycles. The molecule has 2 rings (SSSR count). The minimum atomic E-state index is -1.27. The zero-order valence-electron chi connectivity index (χ0n) is 11.8. The lowest BCUT2D eigenvalue weighted by molar-refractivity contribution is -0.00857. The Morgan fingerprint density at radius 3 is 2.78 bits per heavy atom. The Labute approximate surface area is 112 Å². The molecule has 1 aliphatic carbocycles. The third-order valence-corrected chi connectivity index (χ3v) is 4.25. The summed E-state index contributed by atoms with van der Waals surface area (Å²) in [5, 5.41) is 0. The average molecular weight is 260 g/mol. The van der Waals surface area contributed by atoms with E-state index < -0.39 is 8.07 Å². The van der Waals surface area contributed by atoms with Crippen LogP contribution in [0.2, 0.25) is 19.6 Å². The molecule has 98 valence electrons. The second-order valence-electron chi connectivity index (χ2n) is 6.33. The van der Waals surface area contributed by atoms with Crippen LogP contribution in [0.25, 0.3) is 0 Å². The zero-order valence-corrected chi connectivity index (χ0v) is 12.8. The minimum absolute atomic E-state index is 0.424. The molecule has 0 aromatic carbocycles. The Morgan fingerprint density at radius 2 is 2.11 bits per heavy atom. The Balaban J connectivity index is 2.04. The molecule has 0 amide bonds. The molecule has 2 heteroatoms. The highest BCUT2D eigenvalue weighted by Crippen LogP contribution is 2.27. The second kappa shape index (κ2) is 5.91. The van der Waals surface area contributed by atoms with Crippen molar-refractivity contribution in [3.05, 3.63) is 23.8 Å². The number of rotatable bonds is 1. The molecule has 0 N–H and O–H groups in total. The molecule has 0 bridgehead atoms. The van der Waals surface area contributed by atoms with Crippen LogP contribution in [0.5, 0.6) is 0 Å². The predicted molar refractivity (Wildman–Crippen MR) is 80.0 cm³/mol. The van der Waals surface area contributed by atoms with Crippen molar-refractivity contribution >= 4 is 8.07 Å². The van der Waals surface area contributed by atoms with E-state index in [1.54, 1.807) is 0 Å². The third-order valence-electron chi connectivity index (χ3n) is 3.37. The van der Waals surface area contributed by atoms with Gasteiger partial charge in [-0.15, -0.1) is 5.54 Å². The van der Waals surface area contributed by atoms with E-state index in [4.69, 9.17) is 4.74 Å². The molecule has 1 fully saturated rings. The average Bonchev–Trinajstić information content (AvgIpc) is 2.37.